The lowest BCUT2D eigenvalue weighted by Gasteiger charge is -2.08. The number of nitrogens with one attached hydrogen (secondary N) is 1. The molecule has 5 nitrogen and oxygen atoms in total. The zero-order chi connectivity index (χ0) is 19.0. The first kappa shape index (κ1) is 17.1. The molecule has 0 aliphatic carbocycles. The molecule has 0 radical (unpaired) electrons. The first-order valence-corrected chi connectivity index (χ1v) is 8.65. The molecule has 2 N–H and O–H groups in total. The molecule has 0 unspecified atom stereocenters. The zero-order valence-corrected chi connectivity index (χ0v) is 15.1. The number of phenols is 1. The Morgan fingerprint density at radius 2 is 1.93 bits per heavy atom. The molecule has 1 amide bonds. The molecule has 6 heteroatoms. The number of nitrogens with zero attached hydrogens (tertiary/aromatic N) is 1. The third-order valence-corrected chi connectivity index (χ3v) is 4.48. The van der Waals surface area contributed by atoms with Crippen LogP contribution in [0.3, 0.4) is 0 Å². The van der Waals surface area contributed by atoms with E-state index in [1.807, 2.05) is 25.1 Å². The number of oxazole rings is 1. The van der Waals surface area contributed by atoms with Gasteiger partial charge in [0.25, 0.3) is 5.91 Å². The number of carbonyl (C=O) groups is 1. The van der Waals surface area contributed by atoms with Gasteiger partial charge >= 0.3 is 0 Å². The number of aromatic hydroxyl groups is 1. The Morgan fingerprint density at radius 1 is 1.11 bits per heavy atom. The molecule has 3 aromatic carbocycles. The van der Waals surface area contributed by atoms with E-state index < -0.39 is 0 Å². The third kappa shape index (κ3) is 3.37. The van der Waals surface area contributed by atoms with E-state index in [9.17, 15) is 9.90 Å². The Morgan fingerprint density at radius 3 is 2.74 bits per heavy atom. The fraction of sp³-hybridized carbons (Fsp3) is 0.0476. The van der Waals surface area contributed by atoms with E-state index in [1.165, 1.54) is 6.07 Å². The molecule has 27 heavy (non-hydrogen) atoms. The largest absolute Gasteiger partial charge is 0.507 e. The topological polar surface area (TPSA) is 75.4 Å². The van der Waals surface area contributed by atoms with Crippen molar-refractivity contribution in [2.75, 3.05) is 5.32 Å². The smallest absolute Gasteiger partial charge is 0.257 e. The summed E-state index contributed by atoms with van der Waals surface area (Å²) in [6, 6.07) is 17.2. The number of aromatic nitrogens is 1. The summed E-state index contributed by atoms with van der Waals surface area (Å²) in [6.45, 7) is 1.97. The quantitative estimate of drug-likeness (QED) is 0.467. The van der Waals surface area contributed by atoms with E-state index in [4.69, 9.17) is 16.0 Å². The summed E-state index contributed by atoms with van der Waals surface area (Å²) in [5.74, 6) is -0.0543. The van der Waals surface area contributed by atoms with Crippen LogP contribution < -0.4 is 5.32 Å². The molecule has 1 aromatic heterocycles. The van der Waals surface area contributed by atoms with Crippen LogP contribution in [0.25, 0.3) is 22.6 Å². The molecule has 0 saturated carbocycles. The van der Waals surface area contributed by atoms with E-state index in [-0.39, 0.29) is 17.5 Å². The Balaban J connectivity index is 1.68. The fourth-order valence-electron chi connectivity index (χ4n) is 2.78. The highest BCUT2D eigenvalue weighted by atomic mass is 35.5. The second-order valence-electron chi connectivity index (χ2n) is 6.16. The van der Waals surface area contributed by atoms with Crippen LogP contribution in [-0.4, -0.2) is 16.0 Å². The molecule has 0 atom stereocenters. The standard InChI is InChI=1S/C21H15ClN2O3/c1-12-6-9-19-17(10-12)24-21(27-19)15-11-13(7-8-18(15)25)23-20(26)14-4-2-3-5-16(14)22/h2-11,25H,1H3,(H,23,26). The molecule has 4 aromatic rings. The maximum atomic E-state index is 12.4. The van der Waals surface area contributed by atoms with E-state index in [0.29, 0.717) is 32.9 Å². The lowest BCUT2D eigenvalue weighted by molar-refractivity contribution is 0.102. The number of carbonyl (C=O) groups excluding carboxylic acids is 1. The second-order valence-corrected chi connectivity index (χ2v) is 6.56. The molecule has 1 heterocycles. The van der Waals surface area contributed by atoms with Gasteiger partial charge < -0.3 is 14.8 Å². The molecule has 0 aliphatic rings. The Bertz CT molecular complexity index is 1170. The summed E-state index contributed by atoms with van der Waals surface area (Å²) >= 11 is 6.07. The van der Waals surface area contributed by atoms with Crippen LogP contribution >= 0.6 is 11.6 Å². The summed E-state index contributed by atoms with van der Waals surface area (Å²) in [7, 11) is 0. The average molecular weight is 379 g/mol. The lowest BCUT2D eigenvalue weighted by Crippen LogP contribution is -2.12. The minimum Gasteiger partial charge on any atom is -0.507 e. The molecule has 0 bridgehead atoms. The second kappa shape index (κ2) is 6.78. The first-order chi connectivity index (χ1) is 13.0. The molecule has 4 rings (SSSR count). The van der Waals surface area contributed by atoms with Gasteiger partial charge in [0, 0.05) is 5.69 Å². The van der Waals surface area contributed by atoms with Gasteiger partial charge in [-0.05, 0) is 55.0 Å². The van der Waals surface area contributed by atoms with Crippen molar-refractivity contribution < 1.29 is 14.3 Å². The SMILES string of the molecule is Cc1ccc2oc(-c3cc(NC(=O)c4ccccc4Cl)ccc3O)nc2c1. The van der Waals surface area contributed by atoms with Crippen LogP contribution in [0.2, 0.25) is 5.02 Å². The predicted octanol–water partition coefficient (Wildman–Crippen LogP) is 5.41. The number of anilines is 1. The van der Waals surface area contributed by atoms with Crippen LogP contribution in [0.5, 0.6) is 5.75 Å². The van der Waals surface area contributed by atoms with Crippen molar-refractivity contribution >= 4 is 34.3 Å². The van der Waals surface area contributed by atoms with Gasteiger partial charge in [0.2, 0.25) is 5.89 Å². The Labute approximate surface area is 160 Å². The first-order valence-electron chi connectivity index (χ1n) is 8.28. The number of hydrogen-bond donors (Lipinski definition) is 2. The summed E-state index contributed by atoms with van der Waals surface area (Å²) in [4.78, 5) is 16.9. The predicted molar refractivity (Wildman–Crippen MR) is 105 cm³/mol. The van der Waals surface area contributed by atoms with Gasteiger partial charge in [-0.15, -0.1) is 0 Å². The molecule has 0 aliphatic heterocycles. The number of rotatable bonds is 3. The normalized spacial score (nSPS) is 10.9. The summed E-state index contributed by atoms with van der Waals surface area (Å²) in [6.07, 6.45) is 0. The van der Waals surface area contributed by atoms with Crippen molar-refractivity contribution in [3.63, 3.8) is 0 Å². The highest BCUT2D eigenvalue weighted by Crippen LogP contribution is 2.33. The van der Waals surface area contributed by atoms with Crippen LogP contribution in [0.15, 0.2) is 65.1 Å². The van der Waals surface area contributed by atoms with Crippen molar-refractivity contribution in [2.24, 2.45) is 0 Å². The van der Waals surface area contributed by atoms with Gasteiger partial charge in [0.1, 0.15) is 11.3 Å². The number of benzene rings is 3. The van der Waals surface area contributed by atoms with Gasteiger partial charge in [-0.1, -0.05) is 29.8 Å². The van der Waals surface area contributed by atoms with Crippen molar-refractivity contribution in [1.82, 2.24) is 4.98 Å². The van der Waals surface area contributed by atoms with Crippen LogP contribution in [0.4, 0.5) is 5.69 Å². The lowest BCUT2D eigenvalue weighted by atomic mass is 10.1. The van der Waals surface area contributed by atoms with E-state index in [1.54, 1.807) is 36.4 Å². The highest BCUT2D eigenvalue weighted by molar-refractivity contribution is 6.34. The molecule has 0 saturated heterocycles. The van der Waals surface area contributed by atoms with Gasteiger partial charge in [-0.3, -0.25) is 4.79 Å². The van der Waals surface area contributed by atoms with Crippen LogP contribution in [-0.2, 0) is 0 Å². The highest BCUT2D eigenvalue weighted by Gasteiger charge is 2.15. The van der Waals surface area contributed by atoms with Crippen molar-refractivity contribution in [3.05, 3.63) is 76.8 Å². The van der Waals surface area contributed by atoms with Crippen LogP contribution in [0, 0.1) is 6.92 Å². The maximum Gasteiger partial charge on any atom is 0.257 e. The number of phenolic OH excluding ortho intramolecular Hbond substituents is 1. The average Bonchev–Trinajstić information content (AvgIpc) is 3.06. The molecular weight excluding hydrogens is 364 g/mol. The van der Waals surface area contributed by atoms with Crippen molar-refractivity contribution in [1.29, 1.82) is 0 Å². The van der Waals surface area contributed by atoms with Gasteiger partial charge in [0.15, 0.2) is 5.58 Å². The molecule has 134 valence electrons. The summed E-state index contributed by atoms with van der Waals surface area (Å²) in [5.41, 5.74) is 3.64. The van der Waals surface area contributed by atoms with Gasteiger partial charge in [-0.25, -0.2) is 4.98 Å². The number of fused-ring (bicyclic) bond motifs is 1. The summed E-state index contributed by atoms with van der Waals surface area (Å²) < 4.78 is 5.75. The Kier molecular flexibility index (Phi) is 4.30. The van der Waals surface area contributed by atoms with Crippen molar-refractivity contribution in [3.8, 4) is 17.2 Å². The third-order valence-electron chi connectivity index (χ3n) is 4.15. The number of aryl methyl sites for hydroxylation is 1. The molecule has 0 fully saturated rings. The fourth-order valence-corrected chi connectivity index (χ4v) is 3.00. The summed E-state index contributed by atoms with van der Waals surface area (Å²) in [5, 5.41) is 13.4. The van der Waals surface area contributed by atoms with Gasteiger partial charge in [0.05, 0.1) is 16.1 Å². The van der Waals surface area contributed by atoms with Gasteiger partial charge in [-0.2, -0.15) is 0 Å². The number of hydrogen-bond acceptors (Lipinski definition) is 4. The molecular formula is C21H15ClN2O3. The Hall–Kier alpha value is -3.31. The number of halogens is 1. The minimum atomic E-state index is -0.342. The maximum absolute atomic E-state index is 12.4. The molecule has 0 spiro atoms. The minimum absolute atomic E-state index is 0.00835. The zero-order valence-electron chi connectivity index (χ0n) is 14.4. The van der Waals surface area contributed by atoms with E-state index in [0.717, 1.165) is 5.56 Å². The monoisotopic (exact) mass is 378 g/mol. The van der Waals surface area contributed by atoms with E-state index in [2.05, 4.69) is 10.3 Å². The van der Waals surface area contributed by atoms with Crippen LogP contribution in [0.1, 0.15) is 15.9 Å². The van der Waals surface area contributed by atoms with E-state index >= 15 is 0 Å². The van der Waals surface area contributed by atoms with Crippen molar-refractivity contribution in [2.45, 2.75) is 6.92 Å². The number of amides is 1.